The first-order chi connectivity index (χ1) is 27.9. The molecule has 0 aromatic heterocycles. The van der Waals surface area contributed by atoms with Crippen LogP contribution in [0.4, 0.5) is 0 Å². The maximum Gasteiger partial charge on any atom is 0.306 e. The molecule has 0 spiro atoms. The van der Waals surface area contributed by atoms with E-state index in [9.17, 15) is 14.4 Å². The average molecular weight is 807 g/mol. The van der Waals surface area contributed by atoms with Crippen LogP contribution in [0.15, 0.2) is 0 Å². The first-order valence-electron chi connectivity index (χ1n) is 25.4. The molecule has 0 radical (unpaired) electrons. The standard InChI is InChI=1S/C51H98O6/c1-5-7-9-11-13-15-17-19-20-21-22-24-26-32-36-40-44-51(54)57-48(46-56-50(53)43-39-35-31-28-27-29-33-37-41-47(3)4)45-55-49(52)42-38-34-30-25-23-18-16-14-12-10-8-6-2/h47-48H,5-46H2,1-4H3/t48-/m1/s1. The van der Waals surface area contributed by atoms with E-state index in [1.165, 1.54) is 180 Å². The van der Waals surface area contributed by atoms with Gasteiger partial charge in [0.15, 0.2) is 6.10 Å². The smallest absolute Gasteiger partial charge is 0.306 e. The molecule has 0 aliphatic heterocycles. The number of carbonyl (C=O) groups is 3. The zero-order valence-corrected chi connectivity index (χ0v) is 38.8. The van der Waals surface area contributed by atoms with Gasteiger partial charge in [-0.05, 0) is 25.2 Å². The topological polar surface area (TPSA) is 78.9 Å². The van der Waals surface area contributed by atoms with Crippen molar-refractivity contribution in [1.82, 2.24) is 0 Å². The second kappa shape index (κ2) is 45.5. The third-order valence-corrected chi connectivity index (χ3v) is 11.5. The minimum absolute atomic E-state index is 0.0633. The van der Waals surface area contributed by atoms with E-state index >= 15 is 0 Å². The molecule has 0 aliphatic carbocycles. The van der Waals surface area contributed by atoms with Crippen molar-refractivity contribution < 1.29 is 28.6 Å². The lowest BCUT2D eigenvalue weighted by molar-refractivity contribution is -0.167. The Hall–Kier alpha value is -1.59. The quantitative estimate of drug-likeness (QED) is 0.0346. The van der Waals surface area contributed by atoms with Crippen molar-refractivity contribution in [2.75, 3.05) is 13.2 Å². The van der Waals surface area contributed by atoms with Gasteiger partial charge in [0, 0.05) is 19.3 Å². The van der Waals surface area contributed by atoms with Gasteiger partial charge in [0.2, 0.25) is 0 Å². The molecular weight excluding hydrogens is 709 g/mol. The minimum atomic E-state index is -0.760. The second-order valence-electron chi connectivity index (χ2n) is 17.9. The number of carbonyl (C=O) groups excluding carboxylic acids is 3. The van der Waals surface area contributed by atoms with E-state index in [-0.39, 0.29) is 31.1 Å². The molecule has 0 aromatic rings. The monoisotopic (exact) mass is 807 g/mol. The van der Waals surface area contributed by atoms with E-state index in [0.717, 1.165) is 63.7 Å². The summed E-state index contributed by atoms with van der Waals surface area (Å²) in [7, 11) is 0. The number of esters is 3. The molecule has 0 saturated carbocycles. The van der Waals surface area contributed by atoms with Crippen LogP contribution in [0.2, 0.25) is 0 Å². The van der Waals surface area contributed by atoms with E-state index < -0.39 is 6.10 Å². The molecule has 1 atom stereocenters. The third-order valence-electron chi connectivity index (χ3n) is 11.5. The lowest BCUT2D eigenvalue weighted by atomic mass is 10.0. The number of hydrogen-bond donors (Lipinski definition) is 0. The summed E-state index contributed by atoms with van der Waals surface area (Å²) < 4.78 is 16.8. The highest BCUT2D eigenvalue weighted by molar-refractivity contribution is 5.71. The summed E-state index contributed by atoms with van der Waals surface area (Å²) in [4.78, 5) is 37.9. The van der Waals surface area contributed by atoms with Gasteiger partial charge in [-0.2, -0.15) is 0 Å². The van der Waals surface area contributed by atoms with Gasteiger partial charge in [-0.25, -0.2) is 0 Å². The fraction of sp³-hybridized carbons (Fsp3) is 0.941. The highest BCUT2D eigenvalue weighted by Crippen LogP contribution is 2.17. The summed E-state index contributed by atoms with van der Waals surface area (Å²) in [6, 6.07) is 0. The van der Waals surface area contributed by atoms with Crippen LogP contribution in [0.25, 0.3) is 0 Å². The summed E-state index contributed by atoms with van der Waals surface area (Å²) in [5, 5.41) is 0. The molecular formula is C51H98O6. The van der Waals surface area contributed by atoms with Crippen molar-refractivity contribution in [2.45, 2.75) is 291 Å². The van der Waals surface area contributed by atoms with E-state index in [4.69, 9.17) is 14.2 Å². The van der Waals surface area contributed by atoms with E-state index in [1.54, 1.807) is 0 Å². The lowest BCUT2D eigenvalue weighted by Gasteiger charge is -2.18. The fourth-order valence-electron chi connectivity index (χ4n) is 7.69. The van der Waals surface area contributed by atoms with Crippen molar-refractivity contribution in [3.8, 4) is 0 Å². The van der Waals surface area contributed by atoms with Crippen LogP contribution >= 0.6 is 0 Å². The molecule has 6 heteroatoms. The van der Waals surface area contributed by atoms with Crippen molar-refractivity contribution in [2.24, 2.45) is 5.92 Å². The van der Waals surface area contributed by atoms with Crippen molar-refractivity contribution in [3.05, 3.63) is 0 Å². The van der Waals surface area contributed by atoms with Gasteiger partial charge < -0.3 is 14.2 Å². The van der Waals surface area contributed by atoms with Gasteiger partial charge >= 0.3 is 17.9 Å². The van der Waals surface area contributed by atoms with Crippen LogP contribution in [-0.4, -0.2) is 37.2 Å². The van der Waals surface area contributed by atoms with Gasteiger partial charge in [-0.1, -0.05) is 246 Å². The number of unbranched alkanes of at least 4 members (excludes halogenated alkanes) is 33. The summed E-state index contributed by atoms with van der Waals surface area (Å²) in [5.74, 6) is -0.0512. The Balaban J connectivity index is 4.30. The third kappa shape index (κ3) is 45.3. The fourth-order valence-corrected chi connectivity index (χ4v) is 7.69. The Kier molecular flexibility index (Phi) is 44.2. The molecule has 0 saturated heterocycles. The van der Waals surface area contributed by atoms with Gasteiger partial charge in [0.05, 0.1) is 0 Å². The van der Waals surface area contributed by atoms with Gasteiger partial charge in [0.25, 0.3) is 0 Å². The van der Waals surface area contributed by atoms with Crippen LogP contribution in [-0.2, 0) is 28.6 Å². The lowest BCUT2D eigenvalue weighted by Crippen LogP contribution is -2.30. The predicted molar refractivity (Wildman–Crippen MR) is 243 cm³/mol. The normalized spacial score (nSPS) is 11.9. The van der Waals surface area contributed by atoms with E-state index in [0.29, 0.717) is 19.3 Å². The van der Waals surface area contributed by atoms with Gasteiger partial charge in [0.1, 0.15) is 13.2 Å². The Morgan fingerprint density at radius 1 is 0.333 bits per heavy atom. The summed E-state index contributed by atoms with van der Waals surface area (Å²) >= 11 is 0. The molecule has 0 bridgehead atoms. The summed E-state index contributed by atoms with van der Waals surface area (Å²) in [6.45, 7) is 8.99. The highest BCUT2D eigenvalue weighted by atomic mass is 16.6. The SMILES string of the molecule is CCCCCCCCCCCCCCCCCCC(=O)O[C@H](COC(=O)CCCCCCCCCCCCCC)COC(=O)CCCCCCCCCCC(C)C. The maximum absolute atomic E-state index is 12.8. The molecule has 0 rings (SSSR count). The Morgan fingerprint density at radius 3 is 0.860 bits per heavy atom. The van der Waals surface area contributed by atoms with Gasteiger partial charge in [-0.3, -0.25) is 14.4 Å². The molecule has 0 heterocycles. The number of hydrogen-bond acceptors (Lipinski definition) is 6. The van der Waals surface area contributed by atoms with Crippen LogP contribution in [0.5, 0.6) is 0 Å². The van der Waals surface area contributed by atoms with E-state index in [2.05, 4.69) is 27.7 Å². The molecule has 0 amide bonds. The maximum atomic E-state index is 12.8. The second-order valence-corrected chi connectivity index (χ2v) is 17.9. The molecule has 6 nitrogen and oxygen atoms in total. The summed E-state index contributed by atoms with van der Waals surface area (Å²) in [6.07, 6.45) is 46.6. The van der Waals surface area contributed by atoms with Crippen LogP contribution in [0, 0.1) is 5.92 Å². The minimum Gasteiger partial charge on any atom is -0.462 e. The molecule has 0 aliphatic rings. The summed E-state index contributed by atoms with van der Waals surface area (Å²) in [5.41, 5.74) is 0. The first-order valence-corrected chi connectivity index (χ1v) is 25.4. The van der Waals surface area contributed by atoms with Crippen molar-refractivity contribution in [3.63, 3.8) is 0 Å². The number of ether oxygens (including phenoxy) is 3. The molecule has 0 N–H and O–H groups in total. The number of rotatable bonds is 46. The Bertz CT molecular complexity index is 857. The van der Waals surface area contributed by atoms with Crippen LogP contribution < -0.4 is 0 Å². The zero-order valence-electron chi connectivity index (χ0n) is 38.8. The Labute approximate surface area is 355 Å². The van der Waals surface area contributed by atoms with Crippen molar-refractivity contribution >= 4 is 17.9 Å². The molecule has 0 unspecified atom stereocenters. The predicted octanol–water partition coefficient (Wildman–Crippen LogP) is 16.3. The molecule has 0 aromatic carbocycles. The molecule has 0 fully saturated rings. The highest BCUT2D eigenvalue weighted by Gasteiger charge is 2.19. The Morgan fingerprint density at radius 2 is 0.579 bits per heavy atom. The van der Waals surface area contributed by atoms with E-state index in [1.807, 2.05) is 0 Å². The van der Waals surface area contributed by atoms with Crippen molar-refractivity contribution in [1.29, 1.82) is 0 Å². The molecule has 338 valence electrons. The average Bonchev–Trinajstić information content (AvgIpc) is 3.19. The largest absolute Gasteiger partial charge is 0.462 e. The first kappa shape index (κ1) is 55.4. The van der Waals surface area contributed by atoms with Crippen LogP contribution in [0.1, 0.15) is 285 Å². The van der Waals surface area contributed by atoms with Crippen LogP contribution in [0.3, 0.4) is 0 Å². The van der Waals surface area contributed by atoms with Gasteiger partial charge in [-0.15, -0.1) is 0 Å². The zero-order chi connectivity index (χ0) is 41.7. The molecule has 57 heavy (non-hydrogen) atoms.